The highest BCUT2D eigenvalue weighted by Gasteiger charge is 2.47. The van der Waals surface area contributed by atoms with Crippen LogP contribution in [0.4, 0.5) is 4.79 Å². The lowest BCUT2D eigenvalue weighted by atomic mass is 9.72. The van der Waals surface area contributed by atoms with Gasteiger partial charge in [-0.3, -0.25) is 0 Å². The highest BCUT2D eigenvalue weighted by atomic mass is 16.5. The van der Waals surface area contributed by atoms with Gasteiger partial charge in [0.2, 0.25) is 0 Å². The lowest BCUT2D eigenvalue weighted by Crippen LogP contribution is -2.54. The maximum Gasteiger partial charge on any atom is 0.407 e. The molecule has 0 aliphatic heterocycles. The SMILES string of the molecule is O=C(NC(C(=O)O)C1(c2ccccc2)CCCC1)OCC1c2ccccc2-c2ccccc21. The van der Waals surface area contributed by atoms with Crippen molar-refractivity contribution in [2.75, 3.05) is 6.61 Å². The molecule has 1 amide bonds. The molecule has 1 saturated carbocycles. The van der Waals surface area contributed by atoms with Crippen LogP contribution in [0.25, 0.3) is 11.1 Å². The number of carbonyl (C=O) groups is 2. The normalized spacial score (nSPS) is 17.1. The number of carboxylic acids is 1. The highest BCUT2D eigenvalue weighted by Crippen LogP contribution is 2.45. The minimum absolute atomic E-state index is 0.0685. The molecule has 5 rings (SSSR count). The smallest absolute Gasteiger partial charge is 0.407 e. The Hall–Kier alpha value is -3.60. The Morgan fingerprint density at radius 2 is 1.42 bits per heavy atom. The predicted molar refractivity (Wildman–Crippen MR) is 126 cm³/mol. The number of fused-ring (bicyclic) bond motifs is 3. The minimum Gasteiger partial charge on any atom is -0.480 e. The van der Waals surface area contributed by atoms with Crippen molar-refractivity contribution in [2.45, 2.75) is 43.1 Å². The summed E-state index contributed by atoms with van der Waals surface area (Å²) >= 11 is 0. The van der Waals surface area contributed by atoms with E-state index in [4.69, 9.17) is 4.74 Å². The van der Waals surface area contributed by atoms with Crippen molar-refractivity contribution in [1.82, 2.24) is 5.32 Å². The molecule has 0 aromatic heterocycles. The van der Waals surface area contributed by atoms with E-state index in [2.05, 4.69) is 29.6 Å². The molecule has 1 unspecified atom stereocenters. The molecule has 1 fully saturated rings. The molecule has 0 spiro atoms. The van der Waals surface area contributed by atoms with Crippen LogP contribution < -0.4 is 5.32 Å². The fourth-order valence-corrected chi connectivity index (χ4v) is 5.71. The van der Waals surface area contributed by atoms with Crippen molar-refractivity contribution in [1.29, 1.82) is 0 Å². The van der Waals surface area contributed by atoms with Crippen molar-refractivity contribution < 1.29 is 19.4 Å². The van der Waals surface area contributed by atoms with E-state index in [1.807, 2.05) is 54.6 Å². The molecular weight excluding hydrogens is 414 g/mol. The molecule has 33 heavy (non-hydrogen) atoms. The summed E-state index contributed by atoms with van der Waals surface area (Å²) in [7, 11) is 0. The number of carboxylic acid groups (broad SMARTS) is 1. The molecule has 3 aromatic rings. The predicted octanol–water partition coefficient (Wildman–Crippen LogP) is 5.49. The Morgan fingerprint density at radius 3 is 2.00 bits per heavy atom. The lowest BCUT2D eigenvalue weighted by Gasteiger charge is -2.35. The first-order valence-corrected chi connectivity index (χ1v) is 11.5. The number of carbonyl (C=O) groups excluding carboxylic acids is 1. The van der Waals surface area contributed by atoms with Gasteiger partial charge in [0.1, 0.15) is 12.6 Å². The molecular formula is C28H27NO4. The summed E-state index contributed by atoms with van der Waals surface area (Å²) < 4.78 is 5.65. The second-order valence-corrected chi connectivity index (χ2v) is 8.97. The zero-order chi connectivity index (χ0) is 22.8. The van der Waals surface area contributed by atoms with Gasteiger partial charge in [-0.25, -0.2) is 9.59 Å². The van der Waals surface area contributed by atoms with E-state index < -0.39 is 23.5 Å². The van der Waals surface area contributed by atoms with E-state index in [1.54, 1.807) is 0 Å². The van der Waals surface area contributed by atoms with Crippen LogP contribution in [-0.2, 0) is 14.9 Å². The number of amides is 1. The van der Waals surface area contributed by atoms with Crippen LogP contribution >= 0.6 is 0 Å². The maximum absolute atomic E-state index is 12.9. The fourth-order valence-electron chi connectivity index (χ4n) is 5.71. The zero-order valence-electron chi connectivity index (χ0n) is 18.4. The maximum atomic E-state index is 12.9. The van der Waals surface area contributed by atoms with Gasteiger partial charge in [-0.05, 0) is 40.7 Å². The third-order valence-electron chi connectivity index (χ3n) is 7.25. The average molecular weight is 442 g/mol. The van der Waals surface area contributed by atoms with Gasteiger partial charge in [0.05, 0.1) is 0 Å². The summed E-state index contributed by atoms with van der Waals surface area (Å²) in [5, 5.41) is 12.8. The summed E-state index contributed by atoms with van der Waals surface area (Å²) in [4.78, 5) is 25.2. The Bertz CT molecular complexity index is 1120. The summed E-state index contributed by atoms with van der Waals surface area (Å²) in [6, 6.07) is 24.9. The number of rotatable bonds is 6. The molecule has 5 nitrogen and oxygen atoms in total. The van der Waals surface area contributed by atoms with Crippen LogP contribution in [0, 0.1) is 0 Å². The van der Waals surface area contributed by atoms with Gasteiger partial charge in [-0.1, -0.05) is 91.7 Å². The molecule has 0 radical (unpaired) electrons. The molecule has 0 heterocycles. The number of hydrogen-bond acceptors (Lipinski definition) is 3. The van der Waals surface area contributed by atoms with E-state index in [-0.39, 0.29) is 12.5 Å². The van der Waals surface area contributed by atoms with Crippen molar-refractivity contribution >= 4 is 12.1 Å². The van der Waals surface area contributed by atoms with Gasteiger partial charge in [0.15, 0.2) is 0 Å². The van der Waals surface area contributed by atoms with Crippen LogP contribution in [0.2, 0.25) is 0 Å². The quantitative estimate of drug-likeness (QED) is 0.530. The van der Waals surface area contributed by atoms with E-state index in [0.717, 1.165) is 53.5 Å². The second-order valence-electron chi connectivity index (χ2n) is 8.97. The Morgan fingerprint density at radius 1 is 0.879 bits per heavy atom. The van der Waals surface area contributed by atoms with Crippen LogP contribution in [-0.4, -0.2) is 29.8 Å². The van der Waals surface area contributed by atoms with Crippen molar-refractivity contribution in [3.8, 4) is 11.1 Å². The first-order valence-electron chi connectivity index (χ1n) is 11.5. The van der Waals surface area contributed by atoms with Gasteiger partial charge in [0, 0.05) is 11.3 Å². The standard InChI is InChI=1S/C28H27NO4/c30-26(31)25(28(16-8-9-17-28)19-10-2-1-3-11-19)29-27(32)33-18-24-22-14-6-4-12-20(22)21-13-5-7-15-23(21)24/h1-7,10-15,24-25H,8-9,16-18H2,(H,29,32)(H,30,31). The summed E-state index contributed by atoms with van der Waals surface area (Å²) in [6.07, 6.45) is 2.62. The number of hydrogen-bond donors (Lipinski definition) is 2. The molecule has 0 saturated heterocycles. The van der Waals surface area contributed by atoms with Gasteiger partial charge < -0.3 is 15.2 Å². The zero-order valence-corrected chi connectivity index (χ0v) is 18.4. The monoisotopic (exact) mass is 441 g/mol. The Balaban J connectivity index is 1.35. The number of aliphatic carboxylic acids is 1. The second kappa shape index (κ2) is 8.74. The summed E-state index contributed by atoms with van der Waals surface area (Å²) in [6.45, 7) is 0.157. The number of alkyl carbamates (subject to hydrolysis) is 1. The molecule has 3 aromatic carbocycles. The van der Waals surface area contributed by atoms with Gasteiger partial charge in [-0.2, -0.15) is 0 Å². The largest absolute Gasteiger partial charge is 0.480 e. The van der Waals surface area contributed by atoms with E-state index in [1.165, 1.54) is 0 Å². The third-order valence-corrected chi connectivity index (χ3v) is 7.25. The van der Waals surface area contributed by atoms with Gasteiger partial charge in [-0.15, -0.1) is 0 Å². The molecule has 5 heteroatoms. The van der Waals surface area contributed by atoms with Crippen LogP contribution in [0.1, 0.15) is 48.3 Å². The number of benzene rings is 3. The van der Waals surface area contributed by atoms with Crippen LogP contribution in [0.5, 0.6) is 0 Å². The van der Waals surface area contributed by atoms with E-state index in [0.29, 0.717) is 0 Å². The van der Waals surface area contributed by atoms with Crippen molar-refractivity contribution in [3.05, 3.63) is 95.6 Å². The third kappa shape index (κ3) is 3.78. The fraction of sp³-hybridized carbons (Fsp3) is 0.286. The first kappa shape index (κ1) is 21.3. The van der Waals surface area contributed by atoms with Crippen molar-refractivity contribution in [3.63, 3.8) is 0 Å². The molecule has 168 valence electrons. The topological polar surface area (TPSA) is 75.6 Å². The Kier molecular flexibility index (Phi) is 5.63. The van der Waals surface area contributed by atoms with Gasteiger partial charge in [0.25, 0.3) is 0 Å². The molecule has 2 N–H and O–H groups in total. The Labute approximate surface area is 193 Å². The highest BCUT2D eigenvalue weighted by molar-refractivity contribution is 5.82. The number of nitrogens with one attached hydrogen (secondary N) is 1. The molecule has 1 atom stereocenters. The van der Waals surface area contributed by atoms with Crippen molar-refractivity contribution in [2.24, 2.45) is 0 Å². The molecule has 0 bridgehead atoms. The molecule has 2 aliphatic rings. The minimum atomic E-state index is -1.04. The van der Waals surface area contributed by atoms with E-state index in [9.17, 15) is 14.7 Å². The van der Waals surface area contributed by atoms with Crippen LogP contribution in [0.3, 0.4) is 0 Å². The first-order chi connectivity index (χ1) is 16.1. The van der Waals surface area contributed by atoms with Crippen LogP contribution in [0.15, 0.2) is 78.9 Å². The number of ether oxygens (including phenoxy) is 1. The van der Waals surface area contributed by atoms with E-state index >= 15 is 0 Å². The molecule has 2 aliphatic carbocycles. The lowest BCUT2D eigenvalue weighted by molar-refractivity contribution is -0.141. The summed E-state index contributed by atoms with van der Waals surface area (Å²) in [5.41, 5.74) is 4.88. The average Bonchev–Trinajstić information content (AvgIpc) is 3.46. The summed E-state index contributed by atoms with van der Waals surface area (Å²) in [5.74, 6) is -1.10. The van der Waals surface area contributed by atoms with Gasteiger partial charge >= 0.3 is 12.1 Å².